The van der Waals surface area contributed by atoms with E-state index in [0.29, 0.717) is 12.4 Å². The summed E-state index contributed by atoms with van der Waals surface area (Å²) in [6, 6.07) is 17.3. The third-order valence-corrected chi connectivity index (χ3v) is 5.72. The fourth-order valence-corrected chi connectivity index (χ4v) is 3.67. The molecule has 35 heavy (non-hydrogen) atoms. The van der Waals surface area contributed by atoms with Gasteiger partial charge in [-0.25, -0.2) is 4.68 Å². The Labute approximate surface area is 208 Å². The number of amides is 2. The summed E-state index contributed by atoms with van der Waals surface area (Å²) >= 11 is 0. The molecule has 7 heteroatoms. The smallest absolute Gasteiger partial charge is 0.245 e. The predicted octanol–water partition coefficient (Wildman–Crippen LogP) is 4.91. The summed E-state index contributed by atoms with van der Waals surface area (Å²) in [5.41, 5.74) is 3.58. The third kappa shape index (κ3) is 6.94. The molecular formula is C28H36N4O3. The van der Waals surface area contributed by atoms with Crippen LogP contribution in [0, 0.1) is 6.92 Å². The van der Waals surface area contributed by atoms with Crippen molar-refractivity contribution in [3.05, 3.63) is 71.4 Å². The number of hydrogen-bond donors (Lipinski definition) is 1. The monoisotopic (exact) mass is 476 g/mol. The maximum absolute atomic E-state index is 13.1. The summed E-state index contributed by atoms with van der Waals surface area (Å²) in [5, 5.41) is 7.76. The molecule has 2 amide bonds. The van der Waals surface area contributed by atoms with E-state index >= 15 is 0 Å². The minimum Gasteiger partial charge on any atom is -0.497 e. The lowest BCUT2D eigenvalue weighted by Crippen LogP contribution is -2.39. The average molecular weight is 477 g/mol. The van der Waals surface area contributed by atoms with Gasteiger partial charge in [-0.2, -0.15) is 5.10 Å². The van der Waals surface area contributed by atoms with Gasteiger partial charge in [-0.1, -0.05) is 57.5 Å². The summed E-state index contributed by atoms with van der Waals surface area (Å²) < 4.78 is 6.94. The molecule has 0 aliphatic rings. The molecule has 1 N–H and O–H groups in total. The number of aryl methyl sites for hydroxylation is 1. The summed E-state index contributed by atoms with van der Waals surface area (Å²) in [6.07, 6.45) is 0.990. The van der Waals surface area contributed by atoms with Crippen LogP contribution in [0.1, 0.15) is 50.9 Å². The number of carbonyl (C=O) groups excluding carboxylic acids is 2. The van der Waals surface area contributed by atoms with Crippen LogP contribution in [0.4, 0.5) is 5.82 Å². The highest BCUT2D eigenvalue weighted by Gasteiger charge is 2.23. The second-order valence-electron chi connectivity index (χ2n) is 9.80. The zero-order valence-corrected chi connectivity index (χ0v) is 21.6. The van der Waals surface area contributed by atoms with Gasteiger partial charge in [0.2, 0.25) is 11.8 Å². The minimum absolute atomic E-state index is 0.0211. The molecule has 0 aliphatic carbocycles. The standard InChI is InChI=1S/C28H36N4O3/c1-7-16-31(27(34)17-21-10-14-23(35-6)15-11-21)19-26(33)29-25-18-24(28(3,4)5)30-32(25)22-12-8-20(2)9-13-22/h8-15,18H,7,16-17,19H2,1-6H3,(H,29,33). The number of carbonyl (C=O) groups is 2. The van der Waals surface area contributed by atoms with Crippen molar-refractivity contribution >= 4 is 17.6 Å². The van der Waals surface area contributed by atoms with Crippen molar-refractivity contribution in [3.8, 4) is 11.4 Å². The topological polar surface area (TPSA) is 76.5 Å². The van der Waals surface area contributed by atoms with Crippen LogP contribution in [0.25, 0.3) is 5.69 Å². The molecule has 1 aromatic heterocycles. The van der Waals surface area contributed by atoms with Gasteiger partial charge in [0.15, 0.2) is 0 Å². The van der Waals surface area contributed by atoms with E-state index in [1.165, 1.54) is 0 Å². The molecule has 0 aliphatic heterocycles. The van der Waals surface area contributed by atoms with E-state index < -0.39 is 0 Å². The van der Waals surface area contributed by atoms with Crippen molar-refractivity contribution in [3.63, 3.8) is 0 Å². The number of rotatable bonds is 9. The fraction of sp³-hybridized carbons (Fsp3) is 0.393. The van der Waals surface area contributed by atoms with E-state index in [4.69, 9.17) is 9.84 Å². The van der Waals surface area contributed by atoms with Crippen LogP contribution in [0.15, 0.2) is 54.6 Å². The van der Waals surface area contributed by atoms with Gasteiger partial charge in [-0.05, 0) is 43.2 Å². The molecule has 1 heterocycles. The maximum atomic E-state index is 13.1. The number of nitrogens with zero attached hydrogens (tertiary/aromatic N) is 3. The molecule has 0 bridgehead atoms. The van der Waals surface area contributed by atoms with Crippen LogP contribution in [0.5, 0.6) is 5.75 Å². The number of aromatic nitrogens is 2. The first-order chi connectivity index (χ1) is 16.6. The van der Waals surface area contributed by atoms with E-state index in [1.807, 2.05) is 68.4 Å². The van der Waals surface area contributed by atoms with Crippen molar-refractivity contribution in [1.82, 2.24) is 14.7 Å². The number of ether oxygens (including phenoxy) is 1. The number of methoxy groups -OCH3 is 1. The van der Waals surface area contributed by atoms with Crippen LogP contribution in [0.2, 0.25) is 0 Å². The van der Waals surface area contributed by atoms with Crippen molar-refractivity contribution in [2.45, 2.75) is 52.9 Å². The largest absolute Gasteiger partial charge is 0.497 e. The Morgan fingerprint density at radius 2 is 1.71 bits per heavy atom. The van der Waals surface area contributed by atoms with Gasteiger partial charge < -0.3 is 15.0 Å². The zero-order valence-electron chi connectivity index (χ0n) is 21.6. The van der Waals surface area contributed by atoms with Crippen LogP contribution < -0.4 is 10.1 Å². The van der Waals surface area contributed by atoms with Gasteiger partial charge in [0.05, 0.1) is 31.5 Å². The third-order valence-electron chi connectivity index (χ3n) is 5.72. The molecule has 7 nitrogen and oxygen atoms in total. The van der Waals surface area contributed by atoms with Gasteiger partial charge in [0.1, 0.15) is 11.6 Å². The lowest BCUT2D eigenvalue weighted by Gasteiger charge is -2.22. The van der Waals surface area contributed by atoms with Crippen molar-refractivity contribution in [1.29, 1.82) is 0 Å². The Kier molecular flexibility index (Phi) is 8.33. The summed E-state index contributed by atoms with van der Waals surface area (Å²) in [7, 11) is 1.61. The number of anilines is 1. The molecule has 0 unspecified atom stereocenters. The Bertz CT molecular complexity index is 1140. The average Bonchev–Trinajstić information content (AvgIpc) is 3.24. The molecule has 0 radical (unpaired) electrons. The molecule has 0 saturated carbocycles. The van der Waals surface area contributed by atoms with E-state index in [0.717, 1.165) is 34.7 Å². The van der Waals surface area contributed by atoms with Gasteiger partial charge in [0, 0.05) is 18.0 Å². The Morgan fingerprint density at radius 3 is 2.29 bits per heavy atom. The second kappa shape index (κ2) is 11.2. The Hall–Kier alpha value is -3.61. The van der Waals surface area contributed by atoms with E-state index in [9.17, 15) is 9.59 Å². The lowest BCUT2D eigenvalue weighted by molar-refractivity contribution is -0.134. The fourth-order valence-electron chi connectivity index (χ4n) is 3.67. The molecule has 0 spiro atoms. The first-order valence-electron chi connectivity index (χ1n) is 12.0. The molecule has 0 atom stereocenters. The normalized spacial score (nSPS) is 11.3. The highest BCUT2D eigenvalue weighted by molar-refractivity contribution is 5.94. The van der Waals surface area contributed by atoms with Gasteiger partial charge in [-0.15, -0.1) is 0 Å². The number of nitrogens with one attached hydrogen (secondary N) is 1. The van der Waals surface area contributed by atoms with Crippen LogP contribution in [-0.2, 0) is 21.4 Å². The first kappa shape index (κ1) is 26.0. The number of hydrogen-bond acceptors (Lipinski definition) is 4. The van der Waals surface area contributed by atoms with Gasteiger partial charge in [0.25, 0.3) is 0 Å². The van der Waals surface area contributed by atoms with Gasteiger partial charge in [-0.3, -0.25) is 9.59 Å². The van der Waals surface area contributed by atoms with Crippen molar-refractivity contribution in [2.75, 3.05) is 25.5 Å². The van der Waals surface area contributed by atoms with E-state index in [2.05, 4.69) is 26.1 Å². The maximum Gasteiger partial charge on any atom is 0.245 e. The first-order valence-corrected chi connectivity index (χ1v) is 12.0. The SMILES string of the molecule is CCCN(CC(=O)Nc1cc(C(C)(C)C)nn1-c1ccc(C)cc1)C(=O)Cc1ccc(OC)cc1. The zero-order chi connectivity index (χ0) is 25.6. The van der Waals surface area contributed by atoms with Crippen LogP contribution in [0.3, 0.4) is 0 Å². The summed E-state index contributed by atoms with van der Waals surface area (Å²) in [6.45, 7) is 10.8. The molecular weight excluding hydrogens is 440 g/mol. The molecule has 0 saturated heterocycles. The van der Waals surface area contributed by atoms with Crippen molar-refractivity contribution < 1.29 is 14.3 Å². The van der Waals surface area contributed by atoms with Gasteiger partial charge >= 0.3 is 0 Å². The van der Waals surface area contributed by atoms with Crippen LogP contribution in [-0.4, -0.2) is 46.7 Å². The van der Waals surface area contributed by atoms with E-state index in [1.54, 1.807) is 16.7 Å². The molecule has 2 aromatic carbocycles. The molecule has 3 aromatic rings. The Balaban J connectivity index is 1.77. The Morgan fingerprint density at radius 1 is 1.06 bits per heavy atom. The van der Waals surface area contributed by atoms with Crippen LogP contribution >= 0.6 is 0 Å². The predicted molar refractivity (Wildman–Crippen MR) is 139 cm³/mol. The highest BCUT2D eigenvalue weighted by Crippen LogP contribution is 2.26. The second-order valence-corrected chi connectivity index (χ2v) is 9.80. The van der Waals surface area contributed by atoms with Crippen molar-refractivity contribution in [2.24, 2.45) is 0 Å². The summed E-state index contributed by atoms with van der Waals surface area (Å²) in [5.74, 6) is 0.985. The molecule has 0 fully saturated rings. The molecule has 3 rings (SSSR count). The highest BCUT2D eigenvalue weighted by atomic mass is 16.5. The number of benzene rings is 2. The molecule has 186 valence electrons. The quantitative estimate of drug-likeness (QED) is 0.476. The minimum atomic E-state index is -0.254. The lowest BCUT2D eigenvalue weighted by atomic mass is 9.92. The van der Waals surface area contributed by atoms with E-state index in [-0.39, 0.29) is 30.2 Å². The summed E-state index contributed by atoms with van der Waals surface area (Å²) in [4.78, 5) is 27.7.